The van der Waals surface area contributed by atoms with E-state index in [1.165, 1.54) is 4.88 Å². The predicted molar refractivity (Wildman–Crippen MR) is 80.4 cm³/mol. The quantitative estimate of drug-likeness (QED) is 0.910. The Morgan fingerprint density at radius 1 is 1.42 bits per heavy atom. The van der Waals surface area contributed by atoms with Crippen LogP contribution in [0.15, 0.2) is 15.9 Å². The molecule has 0 spiro atoms. The Morgan fingerprint density at radius 2 is 2.11 bits per heavy atom. The number of rotatable bonds is 4. The third kappa shape index (κ3) is 4.02. The van der Waals surface area contributed by atoms with Crippen molar-refractivity contribution in [3.05, 3.63) is 20.8 Å². The van der Waals surface area contributed by atoms with Gasteiger partial charge in [-0.2, -0.15) is 0 Å². The van der Waals surface area contributed by atoms with Crippen LogP contribution in [-0.2, 0) is 9.53 Å². The van der Waals surface area contributed by atoms with Crippen molar-refractivity contribution in [2.24, 2.45) is 0 Å². The average molecular weight is 347 g/mol. The molecule has 1 fully saturated rings. The van der Waals surface area contributed by atoms with Gasteiger partial charge in [0.15, 0.2) is 0 Å². The summed E-state index contributed by atoms with van der Waals surface area (Å²) in [6, 6.07) is 4.12. The Labute approximate surface area is 126 Å². The van der Waals surface area contributed by atoms with E-state index < -0.39 is 0 Å². The lowest BCUT2D eigenvalue weighted by Crippen LogP contribution is -2.49. The summed E-state index contributed by atoms with van der Waals surface area (Å²) in [5.74, 6) is 0.158. The first-order valence-corrected chi connectivity index (χ1v) is 8.06. The fraction of sp³-hybridized carbons (Fsp3) is 0.615. The summed E-state index contributed by atoms with van der Waals surface area (Å²) in [6.45, 7) is 6.70. The number of carbonyl (C=O) groups excluding carboxylic acids is 1. The maximum atomic E-state index is 12.3. The molecular formula is C13H19BrN2O2S. The second kappa shape index (κ2) is 6.83. The van der Waals surface area contributed by atoms with Crippen molar-refractivity contribution in [1.82, 2.24) is 10.2 Å². The average Bonchev–Trinajstić information content (AvgIpc) is 2.85. The lowest BCUT2D eigenvalue weighted by Gasteiger charge is -2.30. The van der Waals surface area contributed by atoms with Gasteiger partial charge in [0.25, 0.3) is 0 Å². The van der Waals surface area contributed by atoms with Gasteiger partial charge in [0.05, 0.1) is 23.0 Å². The van der Waals surface area contributed by atoms with Crippen LogP contribution in [0.5, 0.6) is 0 Å². The van der Waals surface area contributed by atoms with Gasteiger partial charge in [-0.1, -0.05) is 0 Å². The van der Waals surface area contributed by atoms with E-state index >= 15 is 0 Å². The molecule has 2 heterocycles. The highest BCUT2D eigenvalue weighted by atomic mass is 79.9. The van der Waals surface area contributed by atoms with E-state index in [2.05, 4.69) is 34.2 Å². The largest absolute Gasteiger partial charge is 0.378 e. The van der Waals surface area contributed by atoms with E-state index in [9.17, 15) is 4.79 Å². The molecule has 19 heavy (non-hydrogen) atoms. The molecule has 1 amide bonds. The Bertz CT molecular complexity index is 432. The number of nitrogens with one attached hydrogen (secondary N) is 1. The summed E-state index contributed by atoms with van der Waals surface area (Å²) in [5, 5.41) is 3.36. The van der Waals surface area contributed by atoms with Gasteiger partial charge in [-0.25, -0.2) is 0 Å². The zero-order chi connectivity index (χ0) is 13.8. The smallest absolute Gasteiger partial charge is 0.239 e. The number of ether oxygens (including phenoxy) is 1. The molecule has 1 aliphatic rings. The van der Waals surface area contributed by atoms with E-state index in [0.717, 1.165) is 3.79 Å². The van der Waals surface area contributed by atoms with E-state index in [4.69, 9.17) is 4.74 Å². The molecule has 0 aliphatic carbocycles. The number of carbonyl (C=O) groups is 1. The molecule has 4 nitrogen and oxygen atoms in total. The van der Waals surface area contributed by atoms with Crippen LogP contribution in [0.25, 0.3) is 0 Å². The van der Waals surface area contributed by atoms with E-state index in [-0.39, 0.29) is 18.0 Å². The molecule has 0 bridgehead atoms. The van der Waals surface area contributed by atoms with Crippen molar-refractivity contribution < 1.29 is 9.53 Å². The van der Waals surface area contributed by atoms with Crippen LogP contribution in [0.1, 0.15) is 24.8 Å². The van der Waals surface area contributed by atoms with Gasteiger partial charge in [0, 0.05) is 24.0 Å². The SMILES string of the molecule is CC(NC(C)c1ccc(Br)s1)C(=O)N1CCOCC1. The predicted octanol–water partition coefficient (Wildman–Crippen LogP) is 2.41. The van der Waals surface area contributed by atoms with Gasteiger partial charge >= 0.3 is 0 Å². The molecule has 1 aliphatic heterocycles. The highest BCUT2D eigenvalue weighted by molar-refractivity contribution is 9.11. The van der Waals surface area contributed by atoms with Crippen LogP contribution < -0.4 is 5.32 Å². The zero-order valence-electron chi connectivity index (χ0n) is 11.2. The van der Waals surface area contributed by atoms with E-state index in [0.29, 0.717) is 26.3 Å². The number of halogens is 1. The maximum absolute atomic E-state index is 12.3. The molecule has 2 unspecified atom stereocenters. The van der Waals surface area contributed by atoms with Crippen molar-refractivity contribution in [3.8, 4) is 0 Å². The summed E-state index contributed by atoms with van der Waals surface area (Å²) in [7, 11) is 0. The molecule has 1 saturated heterocycles. The van der Waals surface area contributed by atoms with Gasteiger partial charge in [-0.15, -0.1) is 11.3 Å². The Hall–Kier alpha value is -0.430. The number of thiophene rings is 1. The highest BCUT2D eigenvalue weighted by Crippen LogP contribution is 2.27. The van der Waals surface area contributed by atoms with Gasteiger partial charge in [-0.3, -0.25) is 10.1 Å². The van der Waals surface area contributed by atoms with Crippen LogP contribution in [-0.4, -0.2) is 43.2 Å². The molecule has 2 rings (SSSR count). The fourth-order valence-corrected chi connectivity index (χ4v) is 3.58. The molecule has 1 N–H and O–H groups in total. The second-order valence-electron chi connectivity index (χ2n) is 4.69. The number of morpholine rings is 1. The summed E-state index contributed by atoms with van der Waals surface area (Å²) in [5.41, 5.74) is 0. The number of hydrogen-bond donors (Lipinski definition) is 1. The molecule has 0 aromatic carbocycles. The van der Waals surface area contributed by atoms with E-state index in [1.54, 1.807) is 11.3 Å². The molecular weight excluding hydrogens is 328 g/mol. The minimum atomic E-state index is -0.172. The molecule has 1 aromatic rings. The molecule has 2 atom stereocenters. The number of nitrogens with zero attached hydrogens (tertiary/aromatic N) is 1. The minimum absolute atomic E-state index is 0.158. The van der Waals surface area contributed by atoms with E-state index in [1.807, 2.05) is 17.9 Å². The summed E-state index contributed by atoms with van der Waals surface area (Å²) in [6.07, 6.45) is 0. The van der Waals surface area contributed by atoms with Crippen LogP contribution in [0.4, 0.5) is 0 Å². The third-order valence-corrected chi connectivity index (χ3v) is 5.02. The van der Waals surface area contributed by atoms with Crippen molar-refractivity contribution in [2.45, 2.75) is 25.9 Å². The van der Waals surface area contributed by atoms with Crippen LogP contribution >= 0.6 is 27.3 Å². The van der Waals surface area contributed by atoms with Crippen LogP contribution in [0, 0.1) is 0 Å². The lowest BCUT2D eigenvalue weighted by atomic mass is 10.2. The molecule has 6 heteroatoms. The maximum Gasteiger partial charge on any atom is 0.239 e. The number of hydrogen-bond acceptors (Lipinski definition) is 4. The third-order valence-electron chi connectivity index (χ3n) is 3.21. The highest BCUT2D eigenvalue weighted by Gasteiger charge is 2.23. The Kier molecular flexibility index (Phi) is 5.38. The first-order chi connectivity index (χ1) is 9.08. The first-order valence-electron chi connectivity index (χ1n) is 6.45. The van der Waals surface area contributed by atoms with Crippen molar-refractivity contribution in [3.63, 3.8) is 0 Å². The Morgan fingerprint density at radius 3 is 2.68 bits per heavy atom. The minimum Gasteiger partial charge on any atom is -0.378 e. The molecule has 1 aromatic heterocycles. The van der Waals surface area contributed by atoms with Crippen molar-refractivity contribution in [2.75, 3.05) is 26.3 Å². The molecule has 106 valence electrons. The zero-order valence-corrected chi connectivity index (χ0v) is 13.6. The monoisotopic (exact) mass is 346 g/mol. The van der Waals surface area contributed by atoms with Gasteiger partial charge in [0.1, 0.15) is 0 Å². The second-order valence-corrected chi connectivity index (χ2v) is 7.18. The normalized spacial score (nSPS) is 19.2. The molecule has 0 radical (unpaired) electrons. The standard InChI is InChI=1S/C13H19BrN2O2S/c1-9(11-3-4-12(14)19-11)15-10(2)13(17)16-5-7-18-8-6-16/h3-4,9-10,15H,5-8H2,1-2H3. The van der Waals surface area contributed by atoms with Crippen molar-refractivity contribution in [1.29, 1.82) is 0 Å². The fourth-order valence-electron chi connectivity index (χ4n) is 2.15. The lowest BCUT2D eigenvalue weighted by molar-refractivity contribution is -0.137. The summed E-state index contributed by atoms with van der Waals surface area (Å²) in [4.78, 5) is 15.4. The van der Waals surface area contributed by atoms with Crippen LogP contribution in [0.3, 0.4) is 0 Å². The van der Waals surface area contributed by atoms with Gasteiger partial charge in [0.2, 0.25) is 5.91 Å². The topological polar surface area (TPSA) is 41.6 Å². The van der Waals surface area contributed by atoms with Gasteiger partial charge < -0.3 is 9.64 Å². The summed E-state index contributed by atoms with van der Waals surface area (Å²) >= 11 is 5.15. The van der Waals surface area contributed by atoms with Crippen molar-refractivity contribution >= 4 is 33.2 Å². The number of amides is 1. The summed E-state index contributed by atoms with van der Waals surface area (Å²) < 4.78 is 6.38. The molecule has 0 saturated carbocycles. The van der Waals surface area contributed by atoms with Gasteiger partial charge in [-0.05, 0) is 41.9 Å². The Balaban J connectivity index is 1.89. The van der Waals surface area contributed by atoms with Crippen LogP contribution in [0.2, 0.25) is 0 Å². The first kappa shape index (κ1) is 15.0.